The maximum Gasteiger partial charge on any atom is 0.348 e. The van der Waals surface area contributed by atoms with Crippen molar-refractivity contribution < 1.29 is 14.4 Å². The highest BCUT2D eigenvalue weighted by Gasteiger charge is 2.59. The molecule has 3 saturated carbocycles. The molecule has 6 heteroatoms. The van der Waals surface area contributed by atoms with Gasteiger partial charge in [-0.15, -0.1) is 0 Å². The Kier molecular flexibility index (Phi) is 6.52. The van der Waals surface area contributed by atoms with Gasteiger partial charge in [-0.05, 0) is 93.6 Å². The van der Waals surface area contributed by atoms with Crippen LogP contribution in [-0.2, 0) is 14.4 Å². The number of allylic oxidation sites excluding steroid dienone is 1. The summed E-state index contributed by atoms with van der Waals surface area (Å²) in [5, 5.41) is 4.40. The first-order chi connectivity index (χ1) is 16.2. The summed E-state index contributed by atoms with van der Waals surface area (Å²) in [6.07, 6.45) is 10.9. The van der Waals surface area contributed by atoms with E-state index in [1.54, 1.807) is 0 Å². The minimum Gasteiger partial charge on any atom is -0.317 e. The van der Waals surface area contributed by atoms with Crippen molar-refractivity contribution in [3.63, 3.8) is 0 Å². The molecule has 6 unspecified atom stereocenters. The van der Waals surface area contributed by atoms with Gasteiger partial charge in [0.1, 0.15) is 0 Å². The molecular formula is C28H43N3O3. The zero-order valence-corrected chi connectivity index (χ0v) is 21.6. The highest BCUT2D eigenvalue weighted by atomic mass is 16.7. The highest BCUT2D eigenvalue weighted by Crippen LogP contribution is 2.66. The molecule has 188 valence electrons. The number of nitrogens with zero attached hydrogens (tertiary/aromatic N) is 3. The molecule has 0 spiro atoms. The molecule has 6 nitrogen and oxygen atoms in total. The third kappa shape index (κ3) is 4.19. The fraction of sp³-hybridized carbons (Fsp3) is 0.821. The van der Waals surface area contributed by atoms with E-state index < -0.39 is 0 Å². The topological polar surface area (TPSA) is 62.2 Å². The van der Waals surface area contributed by atoms with Crippen molar-refractivity contribution in [3.8, 4) is 0 Å². The number of carbonyl (C=O) groups excluding carboxylic acids is 2. The number of hydrogen-bond acceptors (Lipinski definition) is 6. The van der Waals surface area contributed by atoms with Crippen LogP contribution >= 0.6 is 0 Å². The smallest absolute Gasteiger partial charge is 0.317 e. The molecule has 0 aromatic rings. The van der Waals surface area contributed by atoms with Crippen molar-refractivity contribution in [2.24, 2.45) is 39.7 Å². The van der Waals surface area contributed by atoms with Crippen LogP contribution in [0.2, 0.25) is 0 Å². The van der Waals surface area contributed by atoms with Crippen LogP contribution in [0.5, 0.6) is 0 Å². The Balaban J connectivity index is 1.24. The Hall–Kier alpha value is -1.53. The number of oxime groups is 1. The van der Waals surface area contributed by atoms with Gasteiger partial charge in [-0.2, -0.15) is 0 Å². The van der Waals surface area contributed by atoms with Crippen LogP contribution in [0.1, 0.15) is 72.1 Å². The van der Waals surface area contributed by atoms with E-state index in [0.717, 1.165) is 63.5 Å². The minimum atomic E-state index is -0.237. The summed E-state index contributed by atoms with van der Waals surface area (Å²) in [6, 6.07) is 0. The van der Waals surface area contributed by atoms with Crippen molar-refractivity contribution in [2.75, 3.05) is 39.8 Å². The molecule has 5 rings (SSSR count). The van der Waals surface area contributed by atoms with Crippen molar-refractivity contribution in [3.05, 3.63) is 11.6 Å². The summed E-state index contributed by atoms with van der Waals surface area (Å²) in [6.45, 7) is 11.1. The normalized spacial score (nSPS) is 41.4. The third-order valence-electron chi connectivity index (χ3n) is 10.7. The molecule has 0 aromatic heterocycles. The van der Waals surface area contributed by atoms with E-state index in [9.17, 15) is 9.59 Å². The lowest BCUT2D eigenvalue weighted by molar-refractivity contribution is -0.145. The number of carbonyl (C=O) groups is 2. The molecule has 0 aromatic carbocycles. The number of fused-ring (bicyclic) bond motifs is 5. The molecule has 0 bridgehead atoms. The van der Waals surface area contributed by atoms with Crippen LogP contribution in [0.3, 0.4) is 0 Å². The molecule has 34 heavy (non-hydrogen) atoms. The van der Waals surface area contributed by atoms with Crippen LogP contribution in [0.4, 0.5) is 0 Å². The van der Waals surface area contributed by atoms with E-state index in [4.69, 9.17) is 4.84 Å². The number of hydrogen-bond donors (Lipinski definition) is 0. The average molecular weight is 470 g/mol. The SMILES string of the molecule is C/C(=N\OC(=O)CN1CCN(C)CC1)C1CCC2C3CCC4=CC(=O)CCC4(C)C3CCC12C. The first-order valence-corrected chi connectivity index (χ1v) is 13.6. The Labute approximate surface area is 205 Å². The summed E-state index contributed by atoms with van der Waals surface area (Å²) in [4.78, 5) is 34.4. The largest absolute Gasteiger partial charge is 0.348 e. The molecule has 0 N–H and O–H groups in total. The summed E-state index contributed by atoms with van der Waals surface area (Å²) < 4.78 is 0. The third-order valence-corrected chi connectivity index (χ3v) is 10.7. The summed E-state index contributed by atoms with van der Waals surface area (Å²) in [7, 11) is 2.12. The molecule has 1 saturated heterocycles. The van der Waals surface area contributed by atoms with Gasteiger partial charge in [-0.25, -0.2) is 4.79 Å². The van der Waals surface area contributed by atoms with E-state index >= 15 is 0 Å². The van der Waals surface area contributed by atoms with Gasteiger partial charge >= 0.3 is 5.97 Å². The van der Waals surface area contributed by atoms with E-state index in [-0.39, 0.29) is 16.8 Å². The zero-order chi connectivity index (χ0) is 24.1. The summed E-state index contributed by atoms with van der Waals surface area (Å²) in [5.41, 5.74) is 2.90. The first-order valence-electron chi connectivity index (χ1n) is 13.6. The second-order valence-electron chi connectivity index (χ2n) is 12.4. The summed E-state index contributed by atoms with van der Waals surface area (Å²) >= 11 is 0. The van der Waals surface area contributed by atoms with E-state index in [2.05, 4.69) is 42.8 Å². The van der Waals surface area contributed by atoms with E-state index in [0.29, 0.717) is 30.1 Å². The Morgan fingerprint density at radius 1 is 1.06 bits per heavy atom. The number of ketones is 1. The van der Waals surface area contributed by atoms with Crippen LogP contribution in [0, 0.1) is 34.5 Å². The zero-order valence-electron chi connectivity index (χ0n) is 21.6. The first kappa shape index (κ1) is 24.2. The molecule has 5 aliphatic rings. The van der Waals surface area contributed by atoms with Crippen molar-refractivity contribution >= 4 is 17.5 Å². The van der Waals surface area contributed by atoms with Gasteiger partial charge < -0.3 is 9.74 Å². The molecule has 1 heterocycles. The number of likely N-dealkylation sites (N-methyl/N-ethyl adjacent to an activating group) is 1. The van der Waals surface area contributed by atoms with Gasteiger partial charge in [-0.1, -0.05) is 24.6 Å². The highest BCUT2D eigenvalue weighted by molar-refractivity contribution is 5.91. The Morgan fingerprint density at radius 2 is 1.82 bits per heavy atom. The Bertz CT molecular complexity index is 889. The van der Waals surface area contributed by atoms with Crippen molar-refractivity contribution in [1.29, 1.82) is 0 Å². The molecule has 6 atom stereocenters. The van der Waals surface area contributed by atoms with Crippen molar-refractivity contribution in [2.45, 2.75) is 72.1 Å². The lowest BCUT2D eigenvalue weighted by atomic mass is 9.46. The van der Waals surface area contributed by atoms with Gasteiger partial charge in [0, 0.05) is 38.5 Å². The average Bonchev–Trinajstić information content (AvgIpc) is 3.17. The Morgan fingerprint density at radius 3 is 2.59 bits per heavy atom. The predicted octanol–water partition coefficient (Wildman–Crippen LogP) is 4.30. The standard InChI is InChI=1S/C28H43N3O3/c1-19(29-34-26(33)18-31-15-13-30(4)14-16-31)23-7-8-24-22-6-5-20-17-21(32)9-11-27(20,2)25(22)10-12-28(23,24)3/h17,22-25H,5-16,18H2,1-4H3/b29-19+. The lowest BCUT2D eigenvalue weighted by Gasteiger charge is -2.58. The van der Waals surface area contributed by atoms with E-state index in [1.165, 1.54) is 31.3 Å². The van der Waals surface area contributed by atoms with Crippen LogP contribution < -0.4 is 0 Å². The van der Waals surface area contributed by atoms with Crippen LogP contribution in [0.15, 0.2) is 16.8 Å². The van der Waals surface area contributed by atoms with Crippen LogP contribution in [0.25, 0.3) is 0 Å². The van der Waals surface area contributed by atoms with Gasteiger partial charge in [0.2, 0.25) is 0 Å². The minimum absolute atomic E-state index is 0.220. The molecule has 4 fully saturated rings. The van der Waals surface area contributed by atoms with Gasteiger partial charge in [0.25, 0.3) is 0 Å². The second-order valence-corrected chi connectivity index (χ2v) is 12.4. The molecule has 4 aliphatic carbocycles. The fourth-order valence-electron chi connectivity index (χ4n) is 8.65. The van der Waals surface area contributed by atoms with Crippen molar-refractivity contribution in [1.82, 2.24) is 9.80 Å². The predicted molar refractivity (Wildman–Crippen MR) is 133 cm³/mol. The maximum atomic E-state index is 12.4. The van der Waals surface area contributed by atoms with E-state index in [1.807, 2.05) is 6.08 Å². The molecule has 0 radical (unpaired) electrons. The quantitative estimate of drug-likeness (QED) is 0.349. The lowest BCUT2D eigenvalue weighted by Crippen LogP contribution is -2.51. The molecule has 0 amide bonds. The maximum absolute atomic E-state index is 12.4. The monoisotopic (exact) mass is 469 g/mol. The van der Waals surface area contributed by atoms with Gasteiger partial charge in [0.15, 0.2) is 5.78 Å². The van der Waals surface area contributed by atoms with Crippen LogP contribution in [-0.4, -0.2) is 67.0 Å². The number of rotatable bonds is 4. The summed E-state index contributed by atoms with van der Waals surface area (Å²) in [5.74, 6) is 2.65. The molecular weight excluding hydrogens is 426 g/mol. The van der Waals surface area contributed by atoms with Gasteiger partial charge in [-0.3, -0.25) is 9.69 Å². The van der Waals surface area contributed by atoms with Gasteiger partial charge in [0.05, 0.1) is 12.3 Å². The molecule has 1 aliphatic heterocycles. The fourth-order valence-corrected chi connectivity index (χ4v) is 8.65. The number of piperazine rings is 1. The second kappa shape index (κ2) is 9.16.